The van der Waals surface area contributed by atoms with E-state index in [0.717, 1.165) is 13.0 Å². The number of ether oxygens (including phenoxy) is 3. The molecule has 2 aliphatic heterocycles. The number of rotatable bonds is 7. The summed E-state index contributed by atoms with van der Waals surface area (Å²) in [6.45, 7) is 0.968. The van der Waals surface area contributed by atoms with Crippen LogP contribution in [-0.2, 0) is 19.1 Å². The highest BCUT2D eigenvalue weighted by molar-refractivity contribution is 6.00. The molecule has 0 radical (unpaired) electrons. The van der Waals surface area contributed by atoms with Crippen molar-refractivity contribution in [3.05, 3.63) is 23.8 Å². The predicted octanol–water partition coefficient (Wildman–Crippen LogP) is 2.74. The standard InChI is InChI=1S/C26H37N3O6/c1-29-21-10-9-19(13-24(30)27-14-17-6-4-3-5-7-17)35-23(21)15-34-22-11-8-18(12-20(22)26(29)32)28-25(31)16-33-2/h8,11-12,17,19,21,23H,3-7,9-10,13-16H2,1-2H3,(H,27,30)(H,28,31)/t19-,21+,23-/m0/s1. The Balaban J connectivity index is 1.35. The summed E-state index contributed by atoms with van der Waals surface area (Å²) in [7, 11) is 3.22. The number of hydrogen-bond acceptors (Lipinski definition) is 6. The lowest BCUT2D eigenvalue weighted by atomic mass is 9.89. The second kappa shape index (κ2) is 11.9. The van der Waals surface area contributed by atoms with Crippen molar-refractivity contribution in [3.63, 3.8) is 0 Å². The van der Waals surface area contributed by atoms with Crippen LogP contribution < -0.4 is 15.4 Å². The van der Waals surface area contributed by atoms with Gasteiger partial charge in [-0.25, -0.2) is 0 Å². The maximum absolute atomic E-state index is 13.3. The molecule has 9 heteroatoms. The molecule has 2 heterocycles. The molecule has 1 aromatic carbocycles. The minimum Gasteiger partial charge on any atom is -0.490 e. The van der Waals surface area contributed by atoms with Crippen LogP contribution >= 0.6 is 0 Å². The predicted molar refractivity (Wildman–Crippen MR) is 130 cm³/mol. The Morgan fingerprint density at radius 2 is 1.91 bits per heavy atom. The maximum atomic E-state index is 13.3. The fourth-order valence-corrected chi connectivity index (χ4v) is 5.36. The van der Waals surface area contributed by atoms with E-state index in [1.807, 2.05) is 0 Å². The Hall–Kier alpha value is -2.65. The molecule has 35 heavy (non-hydrogen) atoms. The van der Waals surface area contributed by atoms with Crippen LogP contribution in [0.2, 0.25) is 0 Å². The van der Waals surface area contributed by atoms with Crippen molar-refractivity contribution < 1.29 is 28.6 Å². The van der Waals surface area contributed by atoms with E-state index in [1.165, 1.54) is 39.2 Å². The summed E-state index contributed by atoms with van der Waals surface area (Å²) < 4.78 is 17.1. The van der Waals surface area contributed by atoms with Gasteiger partial charge in [0, 0.05) is 26.4 Å². The number of benzene rings is 1. The summed E-state index contributed by atoms with van der Waals surface area (Å²) in [5.41, 5.74) is 0.901. The third-order valence-corrected chi connectivity index (χ3v) is 7.30. The third kappa shape index (κ3) is 6.52. The average Bonchev–Trinajstić information content (AvgIpc) is 2.86. The zero-order chi connectivity index (χ0) is 24.8. The summed E-state index contributed by atoms with van der Waals surface area (Å²) >= 11 is 0. The van der Waals surface area contributed by atoms with Crippen molar-refractivity contribution in [2.45, 2.75) is 69.6 Å². The van der Waals surface area contributed by atoms with Gasteiger partial charge in [0.2, 0.25) is 11.8 Å². The molecule has 192 valence electrons. The van der Waals surface area contributed by atoms with E-state index in [1.54, 1.807) is 30.1 Å². The molecule has 3 amide bonds. The van der Waals surface area contributed by atoms with Crippen molar-refractivity contribution in [2.24, 2.45) is 5.92 Å². The van der Waals surface area contributed by atoms with Gasteiger partial charge in [0.1, 0.15) is 25.1 Å². The van der Waals surface area contributed by atoms with E-state index < -0.39 is 0 Å². The van der Waals surface area contributed by atoms with Gasteiger partial charge in [0.15, 0.2) is 0 Å². The number of carbonyl (C=O) groups excluding carboxylic acids is 3. The Kier molecular flexibility index (Phi) is 8.62. The molecule has 1 saturated heterocycles. The highest BCUT2D eigenvalue weighted by Gasteiger charge is 2.39. The van der Waals surface area contributed by atoms with Gasteiger partial charge in [-0.05, 0) is 49.8 Å². The van der Waals surface area contributed by atoms with Gasteiger partial charge >= 0.3 is 0 Å². The molecule has 3 atom stereocenters. The molecule has 1 saturated carbocycles. The fourth-order valence-electron chi connectivity index (χ4n) is 5.36. The molecule has 4 rings (SSSR count). The van der Waals surface area contributed by atoms with Crippen molar-refractivity contribution >= 4 is 23.4 Å². The Morgan fingerprint density at radius 3 is 2.69 bits per heavy atom. The fraction of sp³-hybridized carbons (Fsp3) is 0.654. The quantitative estimate of drug-likeness (QED) is 0.613. The molecule has 0 aromatic heterocycles. The van der Waals surface area contributed by atoms with Crippen LogP contribution in [0.15, 0.2) is 18.2 Å². The van der Waals surface area contributed by atoms with Crippen molar-refractivity contribution in [3.8, 4) is 5.75 Å². The molecule has 2 N–H and O–H groups in total. The van der Waals surface area contributed by atoms with Crippen LogP contribution in [0.25, 0.3) is 0 Å². The van der Waals surface area contributed by atoms with E-state index in [9.17, 15) is 14.4 Å². The Bertz CT molecular complexity index is 916. The second-order valence-electron chi connectivity index (χ2n) is 9.87. The number of nitrogens with one attached hydrogen (secondary N) is 2. The number of anilines is 1. The Labute approximate surface area is 206 Å². The largest absolute Gasteiger partial charge is 0.490 e. The molecule has 2 fully saturated rings. The first-order valence-corrected chi connectivity index (χ1v) is 12.7. The summed E-state index contributed by atoms with van der Waals surface area (Å²) in [5, 5.41) is 5.82. The van der Waals surface area contributed by atoms with Gasteiger partial charge < -0.3 is 29.7 Å². The number of carbonyl (C=O) groups is 3. The molecular formula is C26H37N3O6. The van der Waals surface area contributed by atoms with Gasteiger partial charge in [0.25, 0.3) is 5.91 Å². The normalized spacial score (nSPS) is 24.9. The SMILES string of the molecule is COCC(=O)Nc1ccc2c(c1)C(=O)N(C)[C@@H]1CC[C@@H](CC(=O)NCC3CCCCC3)O[C@H]1CO2. The van der Waals surface area contributed by atoms with E-state index in [2.05, 4.69) is 10.6 Å². The monoisotopic (exact) mass is 487 g/mol. The maximum Gasteiger partial charge on any atom is 0.257 e. The molecule has 1 aliphatic carbocycles. The van der Waals surface area contributed by atoms with Crippen LogP contribution in [0, 0.1) is 5.92 Å². The molecule has 0 unspecified atom stereocenters. The topological polar surface area (TPSA) is 106 Å². The van der Waals surface area contributed by atoms with Gasteiger partial charge in [-0.3, -0.25) is 14.4 Å². The van der Waals surface area contributed by atoms with Crippen LogP contribution in [0.1, 0.15) is 61.7 Å². The summed E-state index contributed by atoms with van der Waals surface area (Å²) in [6.07, 6.45) is 7.48. The lowest BCUT2D eigenvalue weighted by Gasteiger charge is -2.42. The number of fused-ring (bicyclic) bond motifs is 2. The summed E-state index contributed by atoms with van der Waals surface area (Å²) in [4.78, 5) is 39.4. The van der Waals surface area contributed by atoms with Gasteiger partial charge in [-0.2, -0.15) is 0 Å². The molecule has 3 aliphatic rings. The number of amides is 3. The van der Waals surface area contributed by atoms with Crippen molar-refractivity contribution in [1.29, 1.82) is 0 Å². The van der Waals surface area contributed by atoms with E-state index in [-0.39, 0.29) is 49.2 Å². The van der Waals surface area contributed by atoms with Crippen LogP contribution in [0.5, 0.6) is 5.75 Å². The molecular weight excluding hydrogens is 450 g/mol. The van der Waals surface area contributed by atoms with Crippen LogP contribution in [-0.4, -0.2) is 74.8 Å². The molecule has 0 spiro atoms. The third-order valence-electron chi connectivity index (χ3n) is 7.30. The number of methoxy groups -OCH3 is 1. The summed E-state index contributed by atoms with van der Waals surface area (Å²) in [5.74, 6) is 0.584. The minimum absolute atomic E-state index is 0.0311. The van der Waals surface area contributed by atoms with Crippen molar-refractivity contribution in [1.82, 2.24) is 10.2 Å². The zero-order valence-corrected chi connectivity index (χ0v) is 20.7. The zero-order valence-electron chi connectivity index (χ0n) is 20.7. The minimum atomic E-state index is -0.317. The first-order valence-electron chi connectivity index (χ1n) is 12.7. The highest BCUT2D eigenvalue weighted by atomic mass is 16.5. The van der Waals surface area contributed by atoms with Gasteiger partial charge in [0.05, 0.1) is 24.1 Å². The molecule has 1 aromatic rings. The van der Waals surface area contributed by atoms with Gasteiger partial charge in [-0.1, -0.05) is 19.3 Å². The lowest BCUT2D eigenvalue weighted by Crippen LogP contribution is -2.54. The average molecular weight is 488 g/mol. The highest BCUT2D eigenvalue weighted by Crippen LogP contribution is 2.32. The number of hydrogen-bond donors (Lipinski definition) is 2. The van der Waals surface area contributed by atoms with E-state index in [4.69, 9.17) is 14.2 Å². The molecule has 0 bridgehead atoms. The summed E-state index contributed by atoms with van der Waals surface area (Å²) in [6, 6.07) is 4.86. The lowest BCUT2D eigenvalue weighted by molar-refractivity contribution is -0.134. The number of likely N-dealkylation sites (N-methyl/N-ethyl adjacent to an activating group) is 1. The smallest absolute Gasteiger partial charge is 0.257 e. The van der Waals surface area contributed by atoms with Crippen molar-refractivity contribution in [2.75, 3.05) is 39.2 Å². The first-order chi connectivity index (χ1) is 16.9. The molecule has 9 nitrogen and oxygen atoms in total. The first kappa shape index (κ1) is 25.4. The number of nitrogens with zero attached hydrogens (tertiary/aromatic N) is 1. The van der Waals surface area contributed by atoms with Crippen LogP contribution in [0.3, 0.4) is 0 Å². The van der Waals surface area contributed by atoms with Crippen LogP contribution in [0.4, 0.5) is 5.69 Å². The van der Waals surface area contributed by atoms with E-state index in [0.29, 0.717) is 35.8 Å². The van der Waals surface area contributed by atoms with E-state index >= 15 is 0 Å². The Morgan fingerprint density at radius 1 is 1.11 bits per heavy atom. The van der Waals surface area contributed by atoms with Gasteiger partial charge in [-0.15, -0.1) is 0 Å². The second-order valence-corrected chi connectivity index (χ2v) is 9.87.